The lowest BCUT2D eigenvalue weighted by Gasteiger charge is -2.24. The van der Waals surface area contributed by atoms with Crippen LogP contribution in [0.2, 0.25) is 0 Å². The predicted molar refractivity (Wildman–Crippen MR) is 79.6 cm³/mol. The lowest BCUT2D eigenvalue weighted by molar-refractivity contribution is -0.140. The van der Waals surface area contributed by atoms with Gasteiger partial charge in [0, 0.05) is 6.54 Å². The lowest BCUT2D eigenvalue weighted by atomic mass is 10.2. The van der Waals surface area contributed by atoms with Crippen LogP contribution in [0, 0.1) is 0 Å². The van der Waals surface area contributed by atoms with Crippen molar-refractivity contribution in [3.63, 3.8) is 0 Å². The largest absolute Gasteiger partial charge is 0.480 e. The smallest absolute Gasteiger partial charge is 0.408 e. The number of hydrogen-bond donors (Lipinski definition) is 3. The highest BCUT2D eigenvalue weighted by atomic mass is 16.6. The Labute approximate surface area is 134 Å². The number of aliphatic carboxylic acids is 1. The molecule has 130 valence electrons. The minimum absolute atomic E-state index is 0.280. The molecule has 1 unspecified atom stereocenters. The zero-order valence-corrected chi connectivity index (χ0v) is 13.5. The molecule has 0 aromatic rings. The zero-order chi connectivity index (χ0) is 17.6. The first-order valence-electron chi connectivity index (χ1n) is 7.36. The minimum atomic E-state index is -1.15. The van der Waals surface area contributed by atoms with Gasteiger partial charge in [-0.15, -0.1) is 0 Å². The van der Waals surface area contributed by atoms with Gasteiger partial charge < -0.3 is 25.4 Å². The third-order valence-electron chi connectivity index (χ3n) is 3.07. The number of carboxylic acid groups (broad SMARTS) is 1. The van der Waals surface area contributed by atoms with Crippen molar-refractivity contribution in [1.29, 1.82) is 0 Å². The highest BCUT2D eigenvalue weighted by molar-refractivity contribution is 5.91. The van der Waals surface area contributed by atoms with Crippen molar-refractivity contribution >= 4 is 23.9 Å². The van der Waals surface area contributed by atoms with Crippen LogP contribution in [0.4, 0.5) is 4.79 Å². The normalized spacial score (nSPS) is 17.5. The van der Waals surface area contributed by atoms with Crippen LogP contribution in [0.5, 0.6) is 0 Å². The van der Waals surface area contributed by atoms with Crippen molar-refractivity contribution < 1.29 is 29.0 Å². The molecule has 0 aliphatic carbocycles. The third-order valence-corrected chi connectivity index (χ3v) is 3.07. The number of ether oxygens (including phenoxy) is 1. The van der Waals surface area contributed by atoms with Crippen LogP contribution in [0.3, 0.4) is 0 Å². The van der Waals surface area contributed by atoms with Crippen molar-refractivity contribution in [2.75, 3.05) is 19.6 Å². The second kappa shape index (κ2) is 7.80. The summed E-state index contributed by atoms with van der Waals surface area (Å²) in [6.45, 7) is 4.73. The molecule has 1 aliphatic heterocycles. The Hall–Kier alpha value is -2.32. The number of amides is 3. The number of likely N-dealkylation sites (tertiary alicyclic amines) is 1. The lowest BCUT2D eigenvalue weighted by Crippen LogP contribution is -2.50. The molecule has 3 amide bonds. The van der Waals surface area contributed by atoms with E-state index in [0.717, 1.165) is 0 Å². The number of carbonyl (C=O) groups is 4. The van der Waals surface area contributed by atoms with Crippen molar-refractivity contribution in [2.24, 2.45) is 0 Å². The first kappa shape index (κ1) is 18.7. The zero-order valence-electron chi connectivity index (χ0n) is 13.5. The molecule has 23 heavy (non-hydrogen) atoms. The maximum atomic E-state index is 12.1. The molecule has 0 spiro atoms. The van der Waals surface area contributed by atoms with Crippen LogP contribution < -0.4 is 10.6 Å². The van der Waals surface area contributed by atoms with Gasteiger partial charge in [0.15, 0.2) is 0 Å². The first-order chi connectivity index (χ1) is 10.6. The summed E-state index contributed by atoms with van der Waals surface area (Å²) in [4.78, 5) is 47.4. The molecule has 0 bridgehead atoms. The van der Waals surface area contributed by atoms with Crippen molar-refractivity contribution in [3.05, 3.63) is 0 Å². The summed E-state index contributed by atoms with van der Waals surface area (Å²) in [5, 5.41) is 13.2. The predicted octanol–water partition coefficient (Wildman–Crippen LogP) is -0.297. The molecule has 1 aliphatic rings. The summed E-state index contributed by atoms with van der Waals surface area (Å²) in [7, 11) is 0. The topological polar surface area (TPSA) is 125 Å². The number of alkyl carbamates (subject to hydrolysis) is 1. The molecule has 0 aromatic carbocycles. The average molecular weight is 329 g/mol. The van der Waals surface area contributed by atoms with Gasteiger partial charge in [0.1, 0.15) is 24.7 Å². The van der Waals surface area contributed by atoms with Crippen LogP contribution in [-0.4, -0.2) is 65.2 Å². The molecule has 1 heterocycles. The summed E-state index contributed by atoms with van der Waals surface area (Å²) in [5.74, 6) is -2.07. The monoisotopic (exact) mass is 329 g/mol. The average Bonchev–Trinajstić information content (AvgIpc) is 2.89. The van der Waals surface area contributed by atoms with Crippen LogP contribution in [0.25, 0.3) is 0 Å². The van der Waals surface area contributed by atoms with Gasteiger partial charge in [-0.05, 0) is 33.6 Å². The van der Waals surface area contributed by atoms with Gasteiger partial charge >= 0.3 is 12.1 Å². The molecule has 9 heteroatoms. The van der Waals surface area contributed by atoms with Crippen molar-refractivity contribution in [3.8, 4) is 0 Å². The van der Waals surface area contributed by atoms with E-state index in [2.05, 4.69) is 10.6 Å². The number of carbonyl (C=O) groups excluding carboxylic acids is 3. The fourth-order valence-electron chi connectivity index (χ4n) is 2.18. The maximum absolute atomic E-state index is 12.1. The molecule has 1 rings (SSSR count). The Morgan fingerprint density at radius 2 is 1.83 bits per heavy atom. The van der Waals surface area contributed by atoms with Crippen molar-refractivity contribution in [2.45, 2.75) is 45.3 Å². The molecular formula is C14H23N3O6. The molecule has 1 atom stereocenters. The van der Waals surface area contributed by atoms with E-state index >= 15 is 0 Å². The van der Waals surface area contributed by atoms with Gasteiger partial charge in [0.05, 0.1) is 0 Å². The second-order valence-electron chi connectivity index (χ2n) is 6.21. The molecular weight excluding hydrogens is 306 g/mol. The molecule has 1 saturated heterocycles. The summed E-state index contributed by atoms with van der Waals surface area (Å²) < 4.78 is 5.02. The first-order valence-corrected chi connectivity index (χ1v) is 7.36. The number of nitrogens with one attached hydrogen (secondary N) is 2. The Bertz CT molecular complexity index is 485. The molecule has 0 saturated carbocycles. The van der Waals surface area contributed by atoms with Gasteiger partial charge in [0.2, 0.25) is 11.8 Å². The quantitative estimate of drug-likeness (QED) is 0.636. The highest BCUT2D eigenvalue weighted by Crippen LogP contribution is 2.17. The van der Waals surface area contributed by atoms with Crippen molar-refractivity contribution in [1.82, 2.24) is 15.5 Å². The highest BCUT2D eigenvalue weighted by Gasteiger charge is 2.34. The fourth-order valence-corrected chi connectivity index (χ4v) is 2.18. The van der Waals surface area contributed by atoms with Crippen LogP contribution in [-0.2, 0) is 19.1 Å². The van der Waals surface area contributed by atoms with Crippen LogP contribution in [0.1, 0.15) is 33.6 Å². The van der Waals surface area contributed by atoms with E-state index in [4.69, 9.17) is 9.84 Å². The van der Waals surface area contributed by atoms with E-state index in [-0.39, 0.29) is 6.54 Å². The maximum Gasteiger partial charge on any atom is 0.408 e. The molecule has 9 nitrogen and oxygen atoms in total. The van der Waals surface area contributed by atoms with Gasteiger partial charge in [0.25, 0.3) is 0 Å². The van der Waals surface area contributed by atoms with Gasteiger partial charge in [-0.3, -0.25) is 14.4 Å². The number of rotatable bonds is 5. The molecule has 3 N–H and O–H groups in total. The molecule has 0 radical (unpaired) electrons. The van der Waals surface area contributed by atoms with Crippen LogP contribution >= 0.6 is 0 Å². The Morgan fingerprint density at radius 1 is 1.17 bits per heavy atom. The summed E-state index contributed by atoms with van der Waals surface area (Å²) in [6, 6.07) is -0.706. The Morgan fingerprint density at radius 3 is 2.39 bits per heavy atom. The van der Waals surface area contributed by atoms with E-state index in [9.17, 15) is 19.2 Å². The number of hydrogen-bond acceptors (Lipinski definition) is 5. The van der Waals surface area contributed by atoms with E-state index in [1.807, 2.05) is 0 Å². The fraction of sp³-hybridized carbons (Fsp3) is 0.714. The van der Waals surface area contributed by atoms with E-state index < -0.39 is 42.1 Å². The summed E-state index contributed by atoms with van der Waals surface area (Å²) >= 11 is 0. The minimum Gasteiger partial charge on any atom is -0.480 e. The van der Waals surface area contributed by atoms with Gasteiger partial charge in [-0.1, -0.05) is 0 Å². The number of carboxylic acids is 1. The van der Waals surface area contributed by atoms with Crippen LogP contribution in [0.15, 0.2) is 0 Å². The Kier molecular flexibility index (Phi) is 6.35. The molecule has 1 fully saturated rings. The van der Waals surface area contributed by atoms with E-state index in [1.54, 1.807) is 20.8 Å². The summed E-state index contributed by atoms with van der Waals surface area (Å²) in [6.07, 6.45) is 0.393. The van der Waals surface area contributed by atoms with E-state index in [1.165, 1.54) is 4.90 Å². The molecule has 0 aromatic heterocycles. The Balaban J connectivity index is 2.49. The SMILES string of the molecule is CC(C)(C)OC(=O)NCC(=O)N1CCCC1C(=O)NCC(=O)O. The standard InChI is InChI=1S/C14H23N3O6/c1-14(2,3)23-13(22)16-7-10(18)17-6-4-5-9(17)12(21)15-8-11(19)20/h9H,4-8H2,1-3H3,(H,15,21)(H,16,22)(H,19,20). The van der Waals surface area contributed by atoms with E-state index in [0.29, 0.717) is 19.4 Å². The van der Waals surface area contributed by atoms with Gasteiger partial charge in [-0.25, -0.2) is 4.79 Å². The third kappa shape index (κ3) is 6.54. The van der Waals surface area contributed by atoms with Gasteiger partial charge in [-0.2, -0.15) is 0 Å². The summed E-state index contributed by atoms with van der Waals surface area (Å²) in [5.41, 5.74) is -0.667. The second-order valence-corrected chi connectivity index (χ2v) is 6.21. The number of nitrogens with zero attached hydrogens (tertiary/aromatic N) is 1.